The normalized spacial score (nSPS) is 13.2. The van der Waals surface area contributed by atoms with Gasteiger partial charge >= 0.3 is 0 Å². The van der Waals surface area contributed by atoms with E-state index in [1.54, 1.807) is 0 Å². The van der Waals surface area contributed by atoms with Crippen LogP contribution in [0.3, 0.4) is 0 Å². The van der Waals surface area contributed by atoms with E-state index in [1.807, 2.05) is 0 Å². The molecule has 1 unspecified atom stereocenters. The van der Waals surface area contributed by atoms with Gasteiger partial charge in [0, 0.05) is 0 Å². The van der Waals surface area contributed by atoms with Crippen molar-refractivity contribution < 1.29 is 0 Å². The Morgan fingerprint density at radius 3 is 2.42 bits per heavy atom. The van der Waals surface area contributed by atoms with Crippen molar-refractivity contribution in [1.29, 1.82) is 0 Å². The average Bonchev–Trinajstić information content (AvgIpc) is 1.85. The Balaban J connectivity index is 3.61. The molecule has 0 aliphatic carbocycles. The molecule has 0 aliphatic rings. The highest BCUT2D eigenvalue weighted by Crippen LogP contribution is 2.25. The number of allylic oxidation sites excluding steroid dienone is 2. The molecule has 0 heteroatoms. The average molecular weight is 167 g/mol. The third kappa shape index (κ3) is 6.45. The van der Waals surface area contributed by atoms with Gasteiger partial charge in [0.1, 0.15) is 0 Å². The topological polar surface area (TPSA) is 0 Å². The molecule has 0 fully saturated rings. The Labute approximate surface area is 78.1 Å². The first kappa shape index (κ1) is 11.7. The zero-order chi connectivity index (χ0) is 9.61. The molecule has 12 heavy (non-hydrogen) atoms. The minimum Gasteiger partial charge on any atom is -0.0911 e. The highest BCUT2D eigenvalue weighted by Gasteiger charge is 2.12. The lowest BCUT2D eigenvalue weighted by Crippen LogP contribution is -2.07. The molecular formula is C12H23. The molecule has 1 radical (unpaired) electrons. The lowest BCUT2D eigenvalue weighted by atomic mass is 9.86. The summed E-state index contributed by atoms with van der Waals surface area (Å²) in [7, 11) is 0. The van der Waals surface area contributed by atoms with Gasteiger partial charge in [-0.2, -0.15) is 0 Å². The van der Waals surface area contributed by atoms with Gasteiger partial charge in [0.2, 0.25) is 0 Å². The van der Waals surface area contributed by atoms with Crippen LogP contribution >= 0.6 is 0 Å². The quantitative estimate of drug-likeness (QED) is 0.537. The van der Waals surface area contributed by atoms with Crippen LogP contribution in [0.25, 0.3) is 0 Å². The van der Waals surface area contributed by atoms with Crippen molar-refractivity contribution in [2.75, 3.05) is 0 Å². The molecular weight excluding hydrogens is 144 g/mol. The van der Waals surface area contributed by atoms with E-state index in [0.29, 0.717) is 11.3 Å². The van der Waals surface area contributed by atoms with Crippen LogP contribution < -0.4 is 0 Å². The molecule has 0 aromatic carbocycles. The molecule has 0 rings (SSSR count). The summed E-state index contributed by atoms with van der Waals surface area (Å²) in [5.41, 5.74) is 0.379. The van der Waals surface area contributed by atoms with E-state index in [1.165, 1.54) is 19.3 Å². The highest BCUT2D eigenvalue weighted by atomic mass is 14.2. The van der Waals surface area contributed by atoms with Gasteiger partial charge in [-0.15, -0.1) is 0 Å². The van der Waals surface area contributed by atoms with Crippen molar-refractivity contribution in [2.45, 2.75) is 47.0 Å². The Morgan fingerprint density at radius 1 is 1.42 bits per heavy atom. The molecule has 0 heterocycles. The van der Waals surface area contributed by atoms with Gasteiger partial charge < -0.3 is 0 Å². The van der Waals surface area contributed by atoms with Crippen LogP contribution in [0.1, 0.15) is 47.0 Å². The number of hydrogen-bond acceptors (Lipinski definition) is 0. The number of rotatable bonds is 5. The zero-order valence-corrected chi connectivity index (χ0v) is 9.06. The van der Waals surface area contributed by atoms with E-state index in [0.717, 1.165) is 0 Å². The third-order valence-corrected chi connectivity index (χ3v) is 2.14. The van der Waals surface area contributed by atoms with E-state index >= 15 is 0 Å². The summed E-state index contributed by atoms with van der Waals surface area (Å²) in [5, 5.41) is 0. The summed E-state index contributed by atoms with van der Waals surface area (Å²) in [4.78, 5) is 0. The van der Waals surface area contributed by atoms with E-state index in [2.05, 4.69) is 46.8 Å². The van der Waals surface area contributed by atoms with Gasteiger partial charge in [0.15, 0.2) is 0 Å². The molecule has 0 aliphatic heterocycles. The van der Waals surface area contributed by atoms with E-state index < -0.39 is 0 Å². The maximum absolute atomic E-state index is 3.99. The summed E-state index contributed by atoms with van der Waals surface area (Å²) >= 11 is 0. The maximum atomic E-state index is 3.99. The fraction of sp³-hybridized carbons (Fsp3) is 0.750. The Bertz CT molecular complexity index is 129. The fourth-order valence-corrected chi connectivity index (χ4v) is 1.44. The van der Waals surface area contributed by atoms with E-state index in [-0.39, 0.29) is 0 Å². The minimum absolute atomic E-state index is 0.379. The van der Waals surface area contributed by atoms with Gasteiger partial charge in [0.05, 0.1) is 0 Å². The lowest BCUT2D eigenvalue weighted by molar-refractivity contribution is 0.400. The molecule has 0 N–H and O–H groups in total. The zero-order valence-electron chi connectivity index (χ0n) is 9.06. The van der Waals surface area contributed by atoms with E-state index in [4.69, 9.17) is 0 Å². The monoisotopic (exact) mass is 167 g/mol. The predicted octanol–water partition coefficient (Wildman–Crippen LogP) is 4.23. The van der Waals surface area contributed by atoms with E-state index in [9.17, 15) is 0 Å². The summed E-state index contributed by atoms with van der Waals surface area (Å²) in [6, 6.07) is 0. The molecule has 0 saturated carbocycles. The molecule has 0 saturated heterocycles. The van der Waals surface area contributed by atoms with Crippen molar-refractivity contribution in [3.05, 3.63) is 19.1 Å². The van der Waals surface area contributed by atoms with Crippen LogP contribution in [0.2, 0.25) is 0 Å². The molecule has 0 aromatic heterocycles. The number of hydrogen-bond donors (Lipinski definition) is 0. The van der Waals surface area contributed by atoms with Crippen LogP contribution in [-0.4, -0.2) is 0 Å². The van der Waals surface area contributed by atoms with Crippen molar-refractivity contribution in [3.8, 4) is 0 Å². The van der Waals surface area contributed by atoms with Crippen molar-refractivity contribution >= 4 is 0 Å². The first-order chi connectivity index (χ1) is 5.48. The maximum Gasteiger partial charge on any atom is -0.0175 e. The van der Waals surface area contributed by atoms with Crippen LogP contribution in [0.5, 0.6) is 0 Å². The molecule has 0 nitrogen and oxygen atoms in total. The van der Waals surface area contributed by atoms with Gasteiger partial charge in [0.25, 0.3) is 0 Å². The van der Waals surface area contributed by atoms with Crippen molar-refractivity contribution in [1.82, 2.24) is 0 Å². The van der Waals surface area contributed by atoms with Crippen LogP contribution in [-0.2, 0) is 0 Å². The van der Waals surface area contributed by atoms with Crippen molar-refractivity contribution in [3.63, 3.8) is 0 Å². The second-order valence-corrected chi connectivity index (χ2v) is 4.49. The summed E-state index contributed by atoms with van der Waals surface area (Å²) in [6.45, 7) is 12.8. The minimum atomic E-state index is 0.379. The van der Waals surface area contributed by atoms with Crippen LogP contribution in [0.15, 0.2) is 12.2 Å². The van der Waals surface area contributed by atoms with Crippen LogP contribution in [0, 0.1) is 18.3 Å². The highest BCUT2D eigenvalue weighted by molar-refractivity contribution is 4.92. The van der Waals surface area contributed by atoms with Gasteiger partial charge in [-0.25, -0.2) is 0 Å². The second kappa shape index (κ2) is 5.40. The standard InChI is InChI=1S/C12H23/c1-6-9-12(4,5)10-7-8-11(2)3/h6,9,11H,2,7-8,10H2,1,3-5H3. The summed E-state index contributed by atoms with van der Waals surface area (Å²) < 4.78 is 0. The van der Waals surface area contributed by atoms with Crippen molar-refractivity contribution in [2.24, 2.45) is 11.3 Å². The van der Waals surface area contributed by atoms with Gasteiger partial charge in [-0.05, 0) is 24.7 Å². The smallest absolute Gasteiger partial charge is 0.0175 e. The molecule has 0 aromatic rings. The molecule has 1 atom stereocenters. The molecule has 0 amide bonds. The SMILES string of the molecule is [CH2]C(C)CCCC(C)(C)C=CC. The Hall–Kier alpha value is -0.260. The molecule has 0 spiro atoms. The first-order valence-corrected chi connectivity index (χ1v) is 4.95. The Kier molecular flexibility index (Phi) is 5.28. The third-order valence-electron chi connectivity index (χ3n) is 2.14. The first-order valence-electron chi connectivity index (χ1n) is 4.95. The molecule has 0 bridgehead atoms. The van der Waals surface area contributed by atoms with Gasteiger partial charge in [-0.3, -0.25) is 0 Å². The molecule has 71 valence electrons. The largest absolute Gasteiger partial charge is 0.0911 e. The second-order valence-electron chi connectivity index (χ2n) is 4.49. The lowest BCUT2D eigenvalue weighted by Gasteiger charge is -2.20. The summed E-state index contributed by atoms with van der Waals surface area (Å²) in [5.74, 6) is 0.603. The van der Waals surface area contributed by atoms with Gasteiger partial charge in [-0.1, -0.05) is 52.7 Å². The fourth-order valence-electron chi connectivity index (χ4n) is 1.44. The van der Waals surface area contributed by atoms with Crippen LogP contribution in [0.4, 0.5) is 0 Å². The summed E-state index contributed by atoms with van der Waals surface area (Å²) in [6.07, 6.45) is 8.26. The Morgan fingerprint density at radius 2 is 2.00 bits per heavy atom. The predicted molar refractivity (Wildman–Crippen MR) is 57.0 cm³/mol.